The Labute approximate surface area is 113 Å². The lowest BCUT2D eigenvalue weighted by Crippen LogP contribution is -2.31. The molecule has 0 saturated heterocycles. The number of nitrogens with zero attached hydrogens (tertiary/aromatic N) is 1. The van der Waals surface area contributed by atoms with E-state index in [9.17, 15) is 0 Å². The molecule has 0 aromatic heterocycles. The van der Waals surface area contributed by atoms with Crippen LogP contribution in [-0.4, -0.2) is 48.0 Å². The maximum absolute atomic E-state index is 8.95. The van der Waals surface area contributed by atoms with Gasteiger partial charge in [-0.2, -0.15) is 0 Å². The number of rotatable bonds is 13. The molecule has 0 saturated carbocycles. The molecule has 0 aliphatic heterocycles. The molecule has 0 fully saturated rings. The molecule has 0 radical (unpaired) electrons. The Kier molecular flexibility index (Phi) is 13.2. The Morgan fingerprint density at radius 2 is 1.39 bits per heavy atom. The van der Waals surface area contributed by atoms with Gasteiger partial charge < -0.3 is 10.2 Å². The van der Waals surface area contributed by atoms with Gasteiger partial charge in [0.2, 0.25) is 0 Å². The van der Waals surface area contributed by atoms with Crippen LogP contribution in [0.1, 0.15) is 58.8 Å². The highest BCUT2D eigenvalue weighted by Gasteiger charge is 2.09. The minimum Gasteiger partial charge on any atom is -0.395 e. The zero-order chi connectivity index (χ0) is 13.6. The van der Waals surface area contributed by atoms with Crippen LogP contribution in [0.4, 0.5) is 0 Å². The Morgan fingerprint density at radius 3 is 1.89 bits per heavy atom. The summed E-state index contributed by atoms with van der Waals surface area (Å²) in [5.41, 5.74) is 0. The molecule has 1 unspecified atom stereocenters. The normalized spacial score (nSPS) is 13.2. The van der Waals surface area contributed by atoms with Gasteiger partial charge in [-0.3, -0.25) is 4.90 Å². The second-order valence-electron chi connectivity index (χ2n) is 5.23. The largest absolute Gasteiger partial charge is 0.395 e. The van der Waals surface area contributed by atoms with E-state index in [2.05, 4.69) is 18.7 Å². The molecular formula is C15H33NO2. The molecular weight excluding hydrogens is 226 g/mol. The van der Waals surface area contributed by atoms with E-state index < -0.39 is 0 Å². The molecule has 3 heteroatoms. The van der Waals surface area contributed by atoms with Gasteiger partial charge in [0.1, 0.15) is 0 Å². The van der Waals surface area contributed by atoms with Crippen molar-refractivity contribution in [3.63, 3.8) is 0 Å². The summed E-state index contributed by atoms with van der Waals surface area (Å²) in [7, 11) is 0. The van der Waals surface area contributed by atoms with Crippen molar-refractivity contribution in [3.05, 3.63) is 0 Å². The van der Waals surface area contributed by atoms with Crippen LogP contribution in [0.5, 0.6) is 0 Å². The van der Waals surface area contributed by atoms with Gasteiger partial charge in [-0.25, -0.2) is 0 Å². The Hall–Kier alpha value is -0.120. The lowest BCUT2D eigenvalue weighted by Gasteiger charge is -2.22. The van der Waals surface area contributed by atoms with Gasteiger partial charge in [-0.05, 0) is 25.3 Å². The van der Waals surface area contributed by atoms with E-state index in [4.69, 9.17) is 10.2 Å². The van der Waals surface area contributed by atoms with Gasteiger partial charge in [-0.15, -0.1) is 0 Å². The quantitative estimate of drug-likeness (QED) is 0.534. The van der Waals surface area contributed by atoms with Crippen LogP contribution in [0.15, 0.2) is 0 Å². The van der Waals surface area contributed by atoms with E-state index in [1.54, 1.807) is 0 Å². The minimum absolute atomic E-state index is 0.189. The van der Waals surface area contributed by atoms with Crippen LogP contribution >= 0.6 is 0 Å². The first-order valence-corrected chi connectivity index (χ1v) is 7.72. The molecule has 0 aliphatic rings. The van der Waals surface area contributed by atoms with E-state index in [1.165, 1.54) is 44.9 Å². The first-order valence-electron chi connectivity index (χ1n) is 7.72. The first kappa shape index (κ1) is 17.9. The summed E-state index contributed by atoms with van der Waals surface area (Å²) in [5, 5.41) is 17.9. The minimum atomic E-state index is 0.189. The second-order valence-corrected chi connectivity index (χ2v) is 5.23. The maximum atomic E-state index is 8.95. The fourth-order valence-corrected chi connectivity index (χ4v) is 2.56. The van der Waals surface area contributed by atoms with Gasteiger partial charge in [0.25, 0.3) is 0 Å². The molecule has 0 heterocycles. The van der Waals surface area contributed by atoms with Crippen molar-refractivity contribution in [2.45, 2.75) is 58.8 Å². The zero-order valence-corrected chi connectivity index (χ0v) is 12.4. The summed E-state index contributed by atoms with van der Waals surface area (Å²) in [6, 6.07) is 0. The third-order valence-electron chi connectivity index (χ3n) is 3.58. The van der Waals surface area contributed by atoms with E-state index in [-0.39, 0.29) is 13.2 Å². The van der Waals surface area contributed by atoms with Crippen molar-refractivity contribution in [2.24, 2.45) is 5.92 Å². The second kappa shape index (κ2) is 13.3. The van der Waals surface area contributed by atoms with Crippen molar-refractivity contribution in [2.75, 3.05) is 32.8 Å². The molecule has 0 aromatic carbocycles. The van der Waals surface area contributed by atoms with E-state index in [0.29, 0.717) is 13.1 Å². The summed E-state index contributed by atoms with van der Waals surface area (Å²) in [6.45, 7) is 7.29. The standard InChI is InChI=1S/C15H33NO2/c1-3-5-8-15(7-4-2)9-6-10-16(11-13-17)12-14-18/h15,17-18H,3-14H2,1-2H3. The number of aliphatic hydroxyl groups excluding tert-OH is 2. The molecule has 1 atom stereocenters. The highest BCUT2D eigenvalue weighted by molar-refractivity contribution is 4.63. The average molecular weight is 259 g/mol. The summed E-state index contributed by atoms with van der Waals surface area (Å²) in [4.78, 5) is 2.16. The SMILES string of the molecule is CCCCC(CCC)CCCN(CCO)CCO. The third-order valence-corrected chi connectivity index (χ3v) is 3.58. The Bertz CT molecular complexity index is 159. The zero-order valence-electron chi connectivity index (χ0n) is 12.4. The third kappa shape index (κ3) is 9.86. The summed E-state index contributed by atoms with van der Waals surface area (Å²) >= 11 is 0. The molecule has 0 rings (SSSR count). The maximum Gasteiger partial charge on any atom is 0.0558 e. The van der Waals surface area contributed by atoms with Crippen LogP contribution in [0.2, 0.25) is 0 Å². The van der Waals surface area contributed by atoms with Crippen molar-refractivity contribution in [1.29, 1.82) is 0 Å². The predicted molar refractivity (Wildman–Crippen MR) is 77.8 cm³/mol. The number of unbranched alkanes of at least 4 members (excludes halogenated alkanes) is 1. The van der Waals surface area contributed by atoms with Gasteiger partial charge >= 0.3 is 0 Å². The lowest BCUT2D eigenvalue weighted by molar-refractivity contribution is 0.157. The molecule has 0 aromatic rings. The molecule has 18 heavy (non-hydrogen) atoms. The van der Waals surface area contributed by atoms with Crippen molar-refractivity contribution < 1.29 is 10.2 Å². The average Bonchev–Trinajstić information content (AvgIpc) is 2.36. The molecule has 0 spiro atoms. The number of hydrogen-bond acceptors (Lipinski definition) is 3. The summed E-state index contributed by atoms with van der Waals surface area (Å²) in [6.07, 6.45) is 9.12. The van der Waals surface area contributed by atoms with Crippen LogP contribution < -0.4 is 0 Å². The van der Waals surface area contributed by atoms with Gasteiger partial charge in [0.15, 0.2) is 0 Å². The smallest absolute Gasteiger partial charge is 0.0558 e. The van der Waals surface area contributed by atoms with Gasteiger partial charge in [-0.1, -0.05) is 46.0 Å². The molecule has 0 amide bonds. The monoisotopic (exact) mass is 259 g/mol. The van der Waals surface area contributed by atoms with Crippen molar-refractivity contribution >= 4 is 0 Å². The van der Waals surface area contributed by atoms with E-state index in [0.717, 1.165) is 12.5 Å². The topological polar surface area (TPSA) is 43.7 Å². The fourth-order valence-electron chi connectivity index (χ4n) is 2.56. The lowest BCUT2D eigenvalue weighted by atomic mass is 9.92. The van der Waals surface area contributed by atoms with E-state index >= 15 is 0 Å². The van der Waals surface area contributed by atoms with Crippen LogP contribution in [0, 0.1) is 5.92 Å². The van der Waals surface area contributed by atoms with Crippen molar-refractivity contribution in [3.8, 4) is 0 Å². The highest BCUT2D eigenvalue weighted by atomic mass is 16.3. The number of hydrogen-bond donors (Lipinski definition) is 2. The first-order chi connectivity index (χ1) is 8.78. The van der Waals surface area contributed by atoms with Crippen molar-refractivity contribution in [1.82, 2.24) is 4.90 Å². The molecule has 3 nitrogen and oxygen atoms in total. The van der Waals surface area contributed by atoms with Crippen LogP contribution in [0.3, 0.4) is 0 Å². The molecule has 2 N–H and O–H groups in total. The number of aliphatic hydroxyl groups is 2. The molecule has 0 aliphatic carbocycles. The van der Waals surface area contributed by atoms with Gasteiger partial charge in [0, 0.05) is 13.1 Å². The highest BCUT2D eigenvalue weighted by Crippen LogP contribution is 2.20. The van der Waals surface area contributed by atoms with Gasteiger partial charge in [0.05, 0.1) is 13.2 Å². The Balaban J connectivity index is 3.78. The summed E-state index contributed by atoms with van der Waals surface area (Å²) in [5.74, 6) is 0.875. The predicted octanol–water partition coefficient (Wildman–Crippen LogP) is 2.66. The molecule has 0 bridgehead atoms. The van der Waals surface area contributed by atoms with E-state index in [1.807, 2.05) is 0 Å². The van der Waals surface area contributed by atoms with Crippen LogP contribution in [-0.2, 0) is 0 Å². The Morgan fingerprint density at radius 1 is 0.778 bits per heavy atom. The molecule has 110 valence electrons. The van der Waals surface area contributed by atoms with Crippen LogP contribution in [0.25, 0.3) is 0 Å². The summed E-state index contributed by atoms with van der Waals surface area (Å²) < 4.78 is 0. The fraction of sp³-hybridized carbons (Fsp3) is 1.00.